The number of alkyl halides is 3. The van der Waals surface area contributed by atoms with E-state index in [1.54, 1.807) is 54.6 Å². The first-order chi connectivity index (χ1) is 20.5. The molecule has 43 heavy (non-hydrogen) atoms. The minimum absolute atomic E-state index is 0.0913. The third-order valence-electron chi connectivity index (χ3n) is 9.07. The Morgan fingerprint density at radius 2 is 1.65 bits per heavy atom. The summed E-state index contributed by atoms with van der Waals surface area (Å²) in [5, 5.41) is 10.4. The summed E-state index contributed by atoms with van der Waals surface area (Å²) in [6.07, 6.45) is 5.41. The number of carbonyl (C=O) groups is 4. The summed E-state index contributed by atoms with van der Waals surface area (Å²) < 4.78 is 10.6. The molecule has 2 aromatic rings. The Bertz CT molecular complexity index is 1590. The number of amides is 4. The van der Waals surface area contributed by atoms with Gasteiger partial charge >= 0.3 is 0 Å². The van der Waals surface area contributed by atoms with Crippen molar-refractivity contribution < 1.29 is 33.8 Å². The molecule has 1 N–H and O–H groups in total. The zero-order chi connectivity index (χ0) is 30.8. The molecule has 2 aromatic carbocycles. The smallest absolute Gasteiger partial charge is 0.254 e. The van der Waals surface area contributed by atoms with Crippen LogP contribution in [0, 0.1) is 23.7 Å². The number of likely N-dealkylation sites (tertiary alicyclic amines) is 1. The Balaban J connectivity index is 1.48. The average Bonchev–Trinajstić information content (AvgIpc) is 3.35. The molecule has 2 saturated heterocycles. The number of hydrogen-bond acceptors (Lipinski definition) is 7. The van der Waals surface area contributed by atoms with Crippen molar-refractivity contribution in [2.24, 2.45) is 23.7 Å². The van der Waals surface area contributed by atoms with Gasteiger partial charge in [-0.2, -0.15) is 0 Å². The number of carbonyl (C=O) groups excluding carboxylic acids is 4. The van der Waals surface area contributed by atoms with Gasteiger partial charge in [-0.25, -0.2) is 0 Å². The van der Waals surface area contributed by atoms with Gasteiger partial charge in [0.05, 0.1) is 37.2 Å². The predicted molar refractivity (Wildman–Crippen MR) is 163 cm³/mol. The molecule has 4 aliphatic rings. The molecule has 1 saturated carbocycles. The Kier molecular flexibility index (Phi) is 7.38. The van der Waals surface area contributed by atoms with Crippen LogP contribution in [-0.4, -0.2) is 63.1 Å². The standard InChI is InChI=1S/C31H27BrCl2N2O7/c1-42-22-12-16(13-23(43-2)25(22)37)8-11-21-18-9-10-19-24(27(39)36(26(19)38)17-6-4-3-5-7-17)20(18)14-30(33)28(40)35(15-32)29(41)31(21,30)34/h3-9,11-13,19-21,24,37H,10,14-15H2,1-2H3/t19-,20+,21-,24-,30+,31-/m0/s1. The molecule has 9 nitrogen and oxygen atoms in total. The molecule has 0 aromatic heterocycles. The molecule has 0 spiro atoms. The van der Waals surface area contributed by atoms with E-state index in [2.05, 4.69) is 15.9 Å². The number of hydrogen-bond donors (Lipinski definition) is 1. The summed E-state index contributed by atoms with van der Waals surface area (Å²) in [5.74, 6) is -4.79. The Morgan fingerprint density at radius 1 is 1.00 bits per heavy atom. The van der Waals surface area contributed by atoms with Crippen molar-refractivity contribution >= 4 is 74.5 Å². The normalized spacial score (nSPS) is 31.7. The van der Waals surface area contributed by atoms with Crippen LogP contribution in [0.25, 0.3) is 6.08 Å². The van der Waals surface area contributed by atoms with E-state index in [0.717, 1.165) is 4.90 Å². The maximum Gasteiger partial charge on any atom is 0.254 e. The second-order valence-electron chi connectivity index (χ2n) is 11.0. The summed E-state index contributed by atoms with van der Waals surface area (Å²) >= 11 is 17.6. The van der Waals surface area contributed by atoms with Crippen molar-refractivity contribution in [2.45, 2.75) is 22.6 Å². The van der Waals surface area contributed by atoms with Crippen molar-refractivity contribution in [1.82, 2.24) is 4.90 Å². The summed E-state index contributed by atoms with van der Waals surface area (Å²) in [4.78, 5) is 53.5. The number of anilines is 1. The van der Waals surface area contributed by atoms with Gasteiger partial charge in [0.15, 0.2) is 21.2 Å². The van der Waals surface area contributed by atoms with E-state index in [0.29, 0.717) is 16.8 Å². The first-order valence-electron chi connectivity index (χ1n) is 13.6. The molecule has 2 aliphatic heterocycles. The number of aromatic hydroxyl groups is 1. The summed E-state index contributed by atoms with van der Waals surface area (Å²) in [6, 6.07) is 11.9. The van der Waals surface area contributed by atoms with Crippen LogP contribution in [0.2, 0.25) is 0 Å². The summed E-state index contributed by atoms with van der Waals surface area (Å²) in [7, 11) is 2.81. The third kappa shape index (κ3) is 4.09. The van der Waals surface area contributed by atoms with E-state index >= 15 is 0 Å². The lowest BCUT2D eigenvalue weighted by Gasteiger charge is -2.49. The van der Waals surface area contributed by atoms with Crippen LogP contribution < -0.4 is 14.4 Å². The maximum absolute atomic E-state index is 14.0. The number of rotatable bonds is 6. The van der Waals surface area contributed by atoms with Crippen LogP contribution in [0.3, 0.4) is 0 Å². The van der Waals surface area contributed by atoms with E-state index in [1.165, 1.54) is 19.1 Å². The number of nitrogens with zero attached hydrogens (tertiary/aromatic N) is 2. The van der Waals surface area contributed by atoms with Gasteiger partial charge in [0.1, 0.15) is 0 Å². The van der Waals surface area contributed by atoms with Crippen LogP contribution >= 0.6 is 39.1 Å². The SMILES string of the molecule is COc1cc(C=C[C@H]2C3=CC[C@@H]4C(=O)N(c5ccccc5)C(=O)[C@@H]4[C@@H]3C[C@@]3(Cl)C(=O)N(CBr)C(=O)[C@@]23Cl)cc(OC)c1O. The molecule has 12 heteroatoms. The number of imide groups is 2. The van der Waals surface area contributed by atoms with Crippen LogP contribution in [0.15, 0.2) is 60.2 Å². The molecular formula is C31H27BrCl2N2O7. The second-order valence-corrected chi connectivity index (χ2v) is 12.8. The van der Waals surface area contributed by atoms with Crippen molar-refractivity contribution in [3.63, 3.8) is 0 Å². The quantitative estimate of drug-likeness (QED) is 0.199. The average molecular weight is 690 g/mol. The topological polar surface area (TPSA) is 113 Å². The van der Waals surface area contributed by atoms with Crippen molar-refractivity contribution in [2.75, 3.05) is 24.6 Å². The number of para-hydroxylation sites is 1. The molecule has 3 fully saturated rings. The van der Waals surface area contributed by atoms with E-state index in [4.69, 9.17) is 32.7 Å². The van der Waals surface area contributed by atoms with Gasteiger partial charge < -0.3 is 14.6 Å². The predicted octanol–water partition coefficient (Wildman–Crippen LogP) is 4.87. The Hall–Kier alpha value is -3.34. The summed E-state index contributed by atoms with van der Waals surface area (Å²) in [6.45, 7) is 0. The second kappa shape index (κ2) is 10.7. The minimum atomic E-state index is -1.90. The van der Waals surface area contributed by atoms with Gasteiger partial charge in [0.2, 0.25) is 17.6 Å². The van der Waals surface area contributed by atoms with Gasteiger partial charge in [-0.3, -0.25) is 29.0 Å². The largest absolute Gasteiger partial charge is 0.502 e. The fourth-order valence-corrected chi connectivity index (χ4v) is 8.43. The number of phenolic OH excluding ortho intramolecular Hbond substituents is 1. The van der Waals surface area contributed by atoms with Crippen molar-refractivity contribution in [3.05, 3.63) is 65.8 Å². The molecule has 6 rings (SSSR count). The fourth-order valence-electron chi connectivity index (χ4n) is 7.05. The van der Waals surface area contributed by atoms with E-state index in [-0.39, 0.29) is 47.4 Å². The number of halogens is 3. The van der Waals surface area contributed by atoms with Gasteiger partial charge in [-0.1, -0.05) is 57.9 Å². The van der Waals surface area contributed by atoms with Gasteiger partial charge in [0.25, 0.3) is 11.8 Å². The van der Waals surface area contributed by atoms with Crippen LogP contribution in [-0.2, 0) is 19.2 Å². The first kappa shape index (κ1) is 29.7. The fraction of sp³-hybridized carbons (Fsp3) is 0.355. The zero-order valence-corrected chi connectivity index (χ0v) is 26.2. The first-order valence-corrected chi connectivity index (χ1v) is 15.5. The van der Waals surface area contributed by atoms with E-state index in [1.807, 2.05) is 6.08 Å². The van der Waals surface area contributed by atoms with Gasteiger partial charge in [-0.05, 0) is 48.6 Å². The number of benzene rings is 2. The molecule has 2 aliphatic carbocycles. The maximum atomic E-state index is 14.0. The highest BCUT2D eigenvalue weighted by Crippen LogP contribution is 2.63. The van der Waals surface area contributed by atoms with Gasteiger partial charge in [0, 0.05) is 5.92 Å². The lowest BCUT2D eigenvalue weighted by atomic mass is 9.57. The molecule has 2 heterocycles. The third-order valence-corrected chi connectivity index (χ3v) is 11.0. The number of ether oxygens (including phenoxy) is 2. The molecule has 224 valence electrons. The lowest BCUT2D eigenvalue weighted by Crippen LogP contribution is -2.60. The van der Waals surface area contributed by atoms with Crippen LogP contribution in [0.1, 0.15) is 18.4 Å². The monoisotopic (exact) mass is 688 g/mol. The van der Waals surface area contributed by atoms with Crippen LogP contribution in [0.4, 0.5) is 5.69 Å². The van der Waals surface area contributed by atoms with E-state index in [9.17, 15) is 24.3 Å². The molecule has 0 radical (unpaired) electrons. The number of fused-ring (bicyclic) bond motifs is 4. The zero-order valence-electron chi connectivity index (χ0n) is 23.1. The molecule has 0 unspecified atom stereocenters. The number of phenols is 1. The van der Waals surface area contributed by atoms with Crippen LogP contribution in [0.5, 0.6) is 17.2 Å². The molecule has 6 atom stereocenters. The molecule has 0 bridgehead atoms. The number of methoxy groups -OCH3 is 2. The van der Waals surface area contributed by atoms with Gasteiger partial charge in [-0.15, -0.1) is 23.2 Å². The lowest BCUT2D eigenvalue weighted by molar-refractivity contribution is -0.138. The highest BCUT2D eigenvalue weighted by atomic mass is 79.9. The van der Waals surface area contributed by atoms with Crippen molar-refractivity contribution in [3.8, 4) is 17.2 Å². The van der Waals surface area contributed by atoms with E-state index < -0.39 is 45.2 Å². The minimum Gasteiger partial charge on any atom is -0.502 e. The van der Waals surface area contributed by atoms with Crippen molar-refractivity contribution in [1.29, 1.82) is 0 Å². The Morgan fingerprint density at radius 3 is 2.26 bits per heavy atom. The number of allylic oxidation sites excluding steroid dienone is 3. The highest BCUT2D eigenvalue weighted by Gasteiger charge is 2.75. The Labute approximate surface area is 266 Å². The summed E-state index contributed by atoms with van der Waals surface area (Å²) in [5.41, 5.74) is 1.60. The molecular weight excluding hydrogens is 663 g/mol. The molecule has 4 amide bonds. The highest BCUT2D eigenvalue weighted by molar-refractivity contribution is 9.09.